The van der Waals surface area contributed by atoms with E-state index in [1.807, 2.05) is 0 Å². The summed E-state index contributed by atoms with van der Waals surface area (Å²) in [7, 11) is 0. The second-order valence-electron chi connectivity index (χ2n) is 15.6. The highest BCUT2D eigenvalue weighted by atomic mass is 14.5. The third-order valence-corrected chi connectivity index (χ3v) is 13.2. The predicted molar refractivity (Wildman–Crippen MR) is 164 cm³/mol. The van der Waals surface area contributed by atoms with E-state index >= 15 is 0 Å². The molecule has 10 atom stereocenters. The quantitative estimate of drug-likeness (QED) is 0.318. The van der Waals surface area contributed by atoms with Crippen LogP contribution in [-0.2, 0) is 0 Å². The van der Waals surface area contributed by atoms with Crippen LogP contribution >= 0.6 is 0 Å². The summed E-state index contributed by atoms with van der Waals surface area (Å²) >= 11 is 0. The van der Waals surface area contributed by atoms with Crippen molar-refractivity contribution in [2.45, 2.75) is 164 Å². The molecule has 5 rings (SSSR count). The van der Waals surface area contributed by atoms with Crippen molar-refractivity contribution in [3.8, 4) is 0 Å². The van der Waals surface area contributed by atoms with Gasteiger partial charge in [-0.25, -0.2) is 0 Å². The molecule has 0 amide bonds. The second kappa shape index (κ2) is 14.6. The molecule has 5 fully saturated rings. The summed E-state index contributed by atoms with van der Waals surface area (Å²) in [5.74, 6) is 12.8. The van der Waals surface area contributed by atoms with E-state index in [1.54, 1.807) is 64.2 Å². The first-order valence-corrected chi connectivity index (χ1v) is 17.9. The highest BCUT2D eigenvalue weighted by Crippen LogP contribution is 2.57. The van der Waals surface area contributed by atoms with Gasteiger partial charge >= 0.3 is 0 Å². The average Bonchev–Trinajstić information content (AvgIpc) is 3.56. The molecule has 5 aliphatic carbocycles. The molecule has 0 spiro atoms. The fourth-order valence-corrected chi connectivity index (χ4v) is 10.9. The standard InChI is InChI=1S/C24H44.C13H24/c1-5-8-11-21-17(4)15-20-10-9-12-22(20)24(21)23-16-18(6-2)13-14-19(23)7-3;1-10-3-6-12(7-4-10)13-8-5-11(2)9-13/h17-24H,5-16H2,1-4H3;10-13H,3-9H2,1-2H3. The Bertz CT molecular complexity index is 628. The summed E-state index contributed by atoms with van der Waals surface area (Å²) in [4.78, 5) is 0. The smallest absolute Gasteiger partial charge is 0.0321 e. The minimum Gasteiger partial charge on any atom is -0.0654 e. The summed E-state index contributed by atoms with van der Waals surface area (Å²) in [5, 5.41) is 0. The van der Waals surface area contributed by atoms with Crippen LogP contribution in [-0.4, -0.2) is 0 Å². The zero-order valence-electron chi connectivity index (χ0n) is 26.4. The van der Waals surface area contributed by atoms with Gasteiger partial charge in [-0.1, -0.05) is 106 Å². The van der Waals surface area contributed by atoms with Crippen LogP contribution in [0, 0.1) is 71.0 Å². The number of rotatable bonds is 7. The maximum atomic E-state index is 2.63. The van der Waals surface area contributed by atoms with E-state index in [4.69, 9.17) is 0 Å². The number of hydrogen-bond donors (Lipinski definition) is 0. The van der Waals surface area contributed by atoms with E-state index in [2.05, 4.69) is 41.5 Å². The monoisotopic (exact) mass is 513 g/mol. The third-order valence-electron chi connectivity index (χ3n) is 13.2. The van der Waals surface area contributed by atoms with E-state index in [0.29, 0.717) is 0 Å². The Morgan fingerprint density at radius 2 is 1.30 bits per heavy atom. The molecule has 0 radical (unpaired) electrons. The average molecular weight is 513 g/mol. The number of hydrogen-bond acceptors (Lipinski definition) is 0. The van der Waals surface area contributed by atoms with Crippen LogP contribution in [0.3, 0.4) is 0 Å². The predicted octanol–water partition coefficient (Wildman–Crippen LogP) is 12.0. The van der Waals surface area contributed by atoms with Crippen molar-refractivity contribution in [3.05, 3.63) is 0 Å². The lowest BCUT2D eigenvalue weighted by atomic mass is 9.53. The molecular formula is C37H68. The molecule has 5 aliphatic rings. The van der Waals surface area contributed by atoms with Crippen LogP contribution in [0.5, 0.6) is 0 Å². The molecule has 0 aromatic rings. The van der Waals surface area contributed by atoms with Gasteiger partial charge in [0, 0.05) is 0 Å². The Labute approximate surface area is 234 Å². The Hall–Kier alpha value is 0. The number of unbranched alkanes of at least 4 members (excludes halogenated alkanes) is 1. The van der Waals surface area contributed by atoms with Crippen molar-refractivity contribution >= 4 is 0 Å². The minimum absolute atomic E-state index is 1.00. The van der Waals surface area contributed by atoms with E-state index in [-0.39, 0.29) is 0 Å². The lowest BCUT2D eigenvalue weighted by Crippen LogP contribution is -2.45. The van der Waals surface area contributed by atoms with Gasteiger partial charge in [0.1, 0.15) is 0 Å². The fourth-order valence-electron chi connectivity index (χ4n) is 10.9. The van der Waals surface area contributed by atoms with Crippen LogP contribution in [0.25, 0.3) is 0 Å². The van der Waals surface area contributed by atoms with Gasteiger partial charge in [-0.15, -0.1) is 0 Å². The summed E-state index contributed by atoms with van der Waals surface area (Å²) in [5.41, 5.74) is 0. The highest BCUT2D eigenvalue weighted by Gasteiger charge is 2.49. The van der Waals surface area contributed by atoms with Gasteiger partial charge in [-0.05, 0) is 129 Å². The summed E-state index contributed by atoms with van der Waals surface area (Å²) in [6.45, 7) is 14.8. The van der Waals surface area contributed by atoms with Crippen molar-refractivity contribution in [2.24, 2.45) is 71.0 Å². The van der Waals surface area contributed by atoms with E-state index in [9.17, 15) is 0 Å². The van der Waals surface area contributed by atoms with Crippen LogP contribution in [0.2, 0.25) is 0 Å². The van der Waals surface area contributed by atoms with Gasteiger partial charge in [-0.3, -0.25) is 0 Å². The molecular weight excluding hydrogens is 444 g/mol. The van der Waals surface area contributed by atoms with Crippen molar-refractivity contribution in [1.29, 1.82) is 0 Å². The molecule has 0 heterocycles. The second-order valence-corrected chi connectivity index (χ2v) is 15.6. The molecule has 10 unspecified atom stereocenters. The molecule has 0 bridgehead atoms. The lowest BCUT2D eigenvalue weighted by Gasteiger charge is -2.52. The zero-order valence-corrected chi connectivity index (χ0v) is 26.4. The van der Waals surface area contributed by atoms with Crippen molar-refractivity contribution < 1.29 is 0 Å². The summed E-state index contributed by atoms with van der Waals surface area (Å²) in [6.07, 6.45) is 28.9. The Kier molecular flexibility index (Phi) is 11.8. The van der Waals surface area contributed by atoms with E-state index in [1.165, 1.54) is 57.8 Å². The topological polar surface area (TPSA) is 0 Å². The van der Waals surface area contributed by atoms with E-state index < -0.39 is 0 Å². The molecule has 5 saturated carbocycles. The molecule has 0 aromatic carbocycles. The molecule has 0 nitrogen and oxygen atoms in total. The zero-order chi connectivity index (χ0) is 26.4. The first-order chi connectivity index (χ1) is 17.9. The SMILES string of the molecule is CC1CCC(C2CCC(C)C2)CC1.CCCCC1C(C)CC2CCCC2C1C1CC(CC)CCC1CC. The number of fused-ring (bicyclic) bond motifs is 1. The molecule has 0 N–H and O–H groups in total. The van der Waals surface area contributed by atoms with Crippen LogP contribution in [0.15, 0.2) is 0 Å². The first-order valence-electron chi connectivity index (χ1n) is 17.9. The molecule has 0 saturated heterocycles. The molecule has 0 aliphatic heterocycles. The fraction of sp³-hybridized carbons (Fsp3) is 1.00. The Morgan fingerprint density at radius 3 is 1.95 bits per heavy atom. The first kappa shape index (κ1) is 30.0. The van der Waals surface area contributed by atoms with Gasteiger partial charge in [0.25, 0.3) is 0 Å². The van der Waals surface area contributed by atoms with Gasteiger partial charge < -0.3 is 0 Å². The van der Waals surface area contributed by atoms with Crippen LogP contribution in [0.1, 0.15) is 164 Å². The highest BCUT2D eigenvalue weighted by molar-refractivity contribution is 4.99. The van der Waals surface area contributed by atoms with E-state index in [0.717, 1.165) is 71.0 Å². The molecule has 37 heavy (non-hydrogen) atoms. The molecule has 0 aromatic heterocycles. The van der Waals surface area contributed by atoms with Gasteiger partial charge in [0.15, 0.2) is 0 Å². The van der Waals surface area contributed by atoms with Crippen molar-refractivity contribution in [2.75, 3.05) is 0 Å². The molecule has 0 heteroatoms. The third kappa shape index (κ3) is 7.60. The normalized spacial score (nSPS) is 46.2. The van der Waals surface area contributed by atoms with Gasteiger partial charge in [-0.2, -0.15) is 0 Å². The van der Waals surface area contributed by atoms with Crippen LogP contribution in [0.4, 0.5) is 0 Å². The van der Waals surface area contributed by atoms with Gasteiger partial charge in [0.2, 0.25) is 0 Å². The minimum atomic E-state index is 1.00. The van der Waals surface area contributed by atoms with Gasteiger partial charge in [0.05, 0.1) is 0 Å². The Balaban J connectivity index is 0.000000207. The molecule has 216 valence electrons. The maximum absolute atomic E-state index is 2.63. The Morgan fingerprint density at radius 1 is 0.568 bits per heavy atom. The van der Waals surface area contributed by atoms with Crippen molar-refractivity contribution in [3.63, 3.8) is 0 Å². The van der Waals surface area contributed by atoms with Crippen LogP contribution < -0.4 is 0 Å². The lowest BCUT2D eigenvalue weighted by molar-refractivity contribution is -0.0297. The maximum Gasteiger partial charge on any atom is -0.0321 e. The summed E-state index contributed by atoms with van der Waals surface area (Å²) in [6, 6.07) is 0. The van der Waals surface area contributed by atoms with Crippen molar-refractivity contribution in [1.82, 2.24) is 0 Å². The summed E-state index contributed by atoms with van der Waals surface area (Å²) < 4.78 is 0. The largest absolute Gasteiger partial charge is 0.0654 e.